The topological polar surface area (TPSA) is 121 Å². The quantitative estimate of drug-likeness (QED) is 0.245. The molecule has 0 heterocycles. The first-order valence-electron chi connectivity index (χ1n) is 4.54. The van der Waals surface area contributed by atoms with Crippen molar-refractivity contribution in [2.45, 2.75) is 19.1 Å². The van der Waals surface area contributed by atoms with Crippen LogP contribution in [-0.4, -0.2) is 45.4 Å². The molecule has 0 saturated carbocycles. The lowest BCUT2D eigenvalue weighted by atomic mass is 10.2. The Hall–Kier alpha value is -1.99. The summed E-state index contributed by atoms with van der Waals surface area (Å²) in [6.07, 6.45) is 0.650. The number of carbonyl (C=O) groups is 3. The Morgan fingerprint density at radius 2 is 1.71 bits per heavy atom. The van der Waals surface area contributed by atoms with E-state index in [1.165, 1.54) is 12.2 Å². The first-order valence-corrected chi connectivity index (χ1v) is 4.54. The number of allylic oxidation sites excluding steroid dienone is 3. The highest BCUT2D eigenvalue weighted by Gasteiger charge is 2.32. The van der Waals surface area contributed by atoms with Crippen LogP contribution in [0.3, 0.4) is 0 Å². The number of hydrogen-bond donors (Lipinski definition) is 3. The van der Waals surface area contributed by atoms with Crippen LogP contribution >= 0.6 is 0 Å². The highest BCUT2D eigenvalue weighted by Crippen LogP contribution is 1.98. The lowest BCUT2D eigenvalue weighted by molar-refractivity contribution is -0.173. The zero-order valence-electron chi connectivity index (χ0n) is 8.94. The molecule has 0 bridgehead atoms. The normalized spacial score (nSPS) is 14.8. The number of carboxylic acid groups (broad SMARTS) is 1. The molecule has 0 aliphatic carbocycles. The van der Waals surface area contributed by atoms with Gasteiger partial charge in [0.05, 0.1) is 0 Å². The van der Waals surface area contributed by atoms with Crippen LogP contribution in [0.2, 0.25) is 0 Å². The second-order valence-electron chi connectivity index (χ2n) is 2.85. The molecule has 3 N–H and O–H groups in total. The van der Waals surface area contributed by atoms with Crippen molar-refractivity contribution in [1.29, 1.82) is 0 Å². The molecule has 7 heteroatoms. The molecular formula is C10H12O7. The van der Waals surface area contributed by atoms with Crippen LogP contribution in [-0.2, 0) is 19.1 Å². The second-order valence-corrected chi connectivity index (χ2v) is 2.85. The summed E-state index contributed by atoms with van der Waals surface area (Å²) in [4.78, 5) is 32.1. The van der Waals surface area contributed by atoms with Gasteiger partial charge in [0.25, 0.3) is 0 Å². The number of aliphatic hydroxyl groups is 2. The number of rotatable bonds is 5. The highest BCUT2D eigenvalue weighted by molar-refractivity contribution is 5.95. The van der Waals surface area contributed by atoms with E-state index in [0.717, 1.165) is 6.08 Å². The fourth-order valence-electron chi connectivity index (χ4n) is 0.703. The molecule has 2 unspecified atom stereocenters. The maximum absolute atomic E-state index is 11.0. The molecule has 94 valence electrons. The zero-order chi connectivity index (χ0) is 13.4. The fourth-order valence-corrected chi connectivity index (χ4v) is 0.703. The van der Waals surface area contributed by atoms with E-state index in [1.54, 1.807) is 13.0 Å². The van der Waals surface area contributed by atoms with E-state index in [-0.39, 0.29) is 0 Å². The Morgan fingerprint density at radius 3 is 2.18 bits per heavy atom. The summed E-state index contributed by atoms with van der Waals surface area (Å²) >= 11 is 0. The number of aliphatic hydroxyl groups excluding tert-OH is 2. The van der Waals surface area contributed by atoms with Crippen molar-refractivity contribution in [3.8, 4) is 0 Å². The Balaban J connectivity index is 4.35. The Kier molecular flexibility index (Phi) is 6.46. The van der Waals surface area contributed by atoms with E-state index in [2.05, 4.69) is 4.74 Å². The van der Waals surface area contributed by atoms with E-state index >= 15 is 0 Å². The average molecular weight is 244 g/mol. The van der Waals surface area contributed by atoms with Gasteiger partial charge in [-0.3, -0.25) is 0 Å². The second kappa shape index (κ2) is 7.31. The monoisotopic (exact) mass is 244 g/mol. The van der Waals surface area contributed by atoms with Crippen molar-refractivity contribution in [3.63, 3.8) is 0 Å². The van der Waals surface area contributed by atoms with Crippen molar-refractivity contribution in [3.05, 3.63) is 24.3 Å². The van der Waals surface area contributed by atoms with Gasteiger partial charge in [0, 0.05) is 6.08 Å². The summed E-state index contributed by atoms with van der Waals surface area (Å²) in [5.74, 6) is -4.41. The average Bonchev–Trinajstić information content (AvgIpc) is 2.27. The highest BCUT2D eigenvalue weighted by atomic mass is 16.6. The molecule has 0 aromatic rings. The van der Waals surface area contributed by atoms with E-state index in [0.29, 0.717) is 0 Å². The number of esters is 2. The summed E-state index contributed by atoms with van der Waals surface area (Å²) in [5, 5.41) is 26.1. The Morgan fingerprint density at radius 1 is 1.12 bits per heavy atom. The van der Waals surface area contributed by atoms with Gasteiger partial charge in [-0.25, -0.2) is 14.4 Å². The van der Waals surface area contributed by atoms with E-state index in [1.807, 2.05) is 0 Å². The van der Waals surface area contributed by atoms with Crippen LogP contribution in [0.25, 0.3) is 0 Å². The molecule has 0 radical (unpaired) electrons. The predicted octanol–water partition coefficient (Wildman–Crippen LogP) is -1.01. The van der Waals surface area contributed by atoms with Gasteiger partial charge in [0.1, 0.15) is 0 Å². The van der Waals surface area contributed by atoms with Gasteiger partial charge in [-0.15, -0.1) is 0 Å². The van der Waals surface area contributed by atoms with Gasteiger partial charge < -0.3 is 20.1 Å². The van der Waals surface area contributed by atoms with Gasteiger partial charge in [-0.1, -0.05) is 18.2 Å². The van der Waals surface area contributed by atoms with Crippen molar-refractivity contribution in [2.75, 3.05) is 0 Å². The SMILES string of the molecule is C/C=C/C=C/C(=O)OC(=O)C(O)C(O)C(=O)O. The van der Waals surface area contributed by atoms with Gasteiger partial charge in [-0.05, 0) is 6.92 Å². The fraction of sp³-hybridized carbons (Fsp3) is 0.300. The summed E-state index contributed by atoms with van der Waals surface area (Å²) in [5.41, 5.74) is 0. The molecule has 0 amide bonds. The molecule has 17 heavy (non-hydrogen) atoms. The molecule has 0 aliphatic rings. The third-order valence-electron chi connectivity index (χ3n) is 1.53. The molecule has 0 aliphatic heterocycles. The first kappa shape index (κ1) is 15.0. The number of carbonyl (C=O) groups excluding carboxylic acids is 2. The summed E-state index contributed by atoms with van der Waals surface area (Å²) in [6.45, 7) is 1.70. The van der Waals surface area contributed by atoms with Crippen LogP contribution in [0.1, 0.15) is 6.92 Å². The molecule has 0 rings (SSSR count). The molecule has 0 fully saturated rings. The standard InChI is InChI=1S/C10H12O7/c1-2-3-4-5-6(11)17-10(16)8(13)7(12)9(14)15/h2-5,7-8,12-13H,1H3,(H,14,15)/b3-2+,5-4+. The third-order valence-corrected chi connectivity index (χ3v) is 1.53. The molecule has 0 spiro atoms. The van der Waals surface area contributed by atoms with Crippen LogP contribution < -0.4 is 0 Å². The van der Waals surface area contributed by atoms with Crippen LogP contribution in [0.4, 0.5) is 0 Å². The van der Waals surface area contributed by atoms with E-state index in [9.17, 15) is 14.4 Å². The van der Waals surface area contributed by atoms with Crippen molar-refractivity contribution < 1.29 is 34.4 Å². The van der Waals surface area contributed by atoms with Crippen molar-refractivity contribution in [2.24, 2.45) is 0 Å². The van der Waals surface area contributed by atoms with E-state index in [4.69, 9.17) is 15.3 Å². The number of aliphatic carboxylic acids is 1. The van der Waals surface area contributed by atoms with E-state index < -0.39 is 30.1 Å². The molecule has 2 atom stereocenters. The summed E-state index contributed by atoms with van der Waals surface area (Å²) in [6, 6.07) is 0. The molecule has 0 saturated heterocycles. The van der Waals surface area contributed by atoms with Crippen LogP contribution in [0, 0.1) is 0 Å². The minimum atomic E-state index is -2.34. The summed E-state index contributed by atoms with van der Waals surface area (Å²) in [7, 11) is 0. The van der Waals surface area contributed by atoms with Gasteiger partial charge in [0.2, 0.25) is 0 Å². The molecule has 0 aromatic heterocycles. The van der Waals surface area contributed by atoms with Crippen LogP contribution in [0.5, 0.6) is 0 Å². The largest absolute Gasteiger partial charge is 0.479 e. The van der Waals surface area contributed by atoms with Crippen LogP contribution in [0.15, 0.2) is 24.3 Å². The number of ether oxygens (including phenoxy) is 1. The van der Waals surface area contributed by atoms with Crippen molar-refractivity contribution in [1.82, 2.24) is 0 Å². The van der Waals surface area contributed by atoms with Gasteiger partial charge in [0.15, 0.2) is 12.2 Å². The Bertz CT molecular complexity index is 356. The van der Waals surface area contributed by atoms with Gasteiger partial charge >= 0.3 is 17.9 Å². The Labute approximate surface area is 96.6 Å². The van der Waals surface area contributed by atoms with Crippen molar-refractivity contribution >= 4 is 17.9 Å². The molecular weight excluding hydrogens is 232 g/mol. The zero-order valence-corrected chi connectivity index (χ0v) is 8.94. The first-order chi connectivity index (χ1) is 7.90. The summed E-state index contributed by atoms with van der Waals surface area (Å²) < 4.78 is 4.06. The van der Waals surface area contributed by atoms with Gasteiger partial charge in [-0.2, -0.15) is 0 Å². The maximum atomic E-state index is 11.0. The lowest BCUT2D eigenvalue weighted by Gasteiger charge is -2.11. The number of carboxylic acids is 1. The minimum absolute atomic E-state index is 0.901. The molecule has 7 nitrogen and oxygen atoms in total. The number of hydrogen-bond acceptors (Lipinski definition) is 6. The minimum Gasteiger partial charge on any atom is -0.479 e. The predicted molar refractivity (Wildman–Crippen MR) is 54.7 cm³/mol. The third kappa shape index (κ3) is 5.59. The smallest absolute Gasteiger partial charge is 0.346 e. The lowest BCUT2D eigenvalue weighted by Crippen LogP contribution is -2.41. The molecule has 0 aromatic carbocycles. The maximum Gasteiger partial charge on any atom is 0.346 e.